The highest BCUT2D eigenvalue weighted by atomic mass is 79.9. The molecule has 1 aromatic heterocycles. The summed E-state index contributed by atoms with van der Waals surface area (Å²) in [7, 11) is 0. The van der Waals surface area contributed by atoms with Gasteiger partial charge in [0.1, 0.15) is 16.8 Å². The van der Waals surface area contributed by atoms with Gasteiger partial charge in [-0.25, -0.2) is 0 Å². The van der Waals surface area contributed by atoms with Gasteiger partial charge in [-0.3, -0.25) is 15.1 Å². The molecule has 0 bridgehead atoms. The molecule has 2 aromatic rings. The molecule has 0 saturated carbocycles. The van der Waals surface area contributed by atoms with Gasteiger partial charge in [-0.1, -0.05) is 6.07 Å². The highest BCUT2D eigenvalue weighted by Crippen LogP contribution is 2.34. The Hall–Kier alpha value is -1.47. The summed E-state index contributed by atoms with van der Waals surface area (Å²) >= 11 is 6.47. The molecule has 0 aliphatic carbocycles. The van der Waals surface area contributed by atoms with Gasteiger partial charge in [0.2, 0.25) is 0 Å². The van der Waals surface area contributed by atoms with Gasteiger partial charge in [-0.2, -0.15) is 0 Å². The van der Waals surface area contributed by atoms with Crippen molar-refractivity contribution in [3.63, 3.8) is 0 Å². The molecule has 0 aliphatic heterocycles. The number of pyridine rings is 1. The Morgan fingerprint density at radius 3 is 2.68 bits per heavy atom. The van der Waals surface area contributed by atoms with Crippen LogP contribution in [0.3, 0.4) is 0 Å². The molecule has 1 aromatic carbocycles. The number of ether oxygens (including phenoxy) is 1. The van der Waals surface area contributed by atoms with Crippen molar-refractivity contribution in [1.82, 2.24) is 4.98 Å². The fourth-order valence-electron chi connectivity index (χ4n) is 1.40. The van der Waals surface area contributed by atoms with Crippen LogP contribution in [-0.2, 0) is 6.61 Å². The average molecular weight is 388 g/mol. The molecule has 0 saturated heterocycles. The Bertz CT molecular complexity index is 602. The minimum Gasteiger partial charge on any atom is -0.486 e. The van der Waals surface area contributed by atoms with Gasteiger partial charge in [0.05, 0.1) is 10.6 Å². The molecule has 1 heterocycles. The van der Waals surface area contributed by atoms with Crippen molar-refractivity contribution < 1.29 is 9.66 Å². The molecule has 0 N–H and O–H groups in total. The Kier molecular flexibility index (Phi) is 4.49. The minimum atomic E-state index is -0.463. The molecule has 19 heavy (non-hydrogen) atoms. The van der Waals surface area contributed by atoms with E-state index < -0.39 is 4.92 Å². The molecule has 0 amide bonds. The van der Waals surface area contributed by atoms with E-state index in [0.29, 0.717) is 10.2 Å². The van der Waals surface area contributed by atoms with Crippen LogP contribution in [-0.4, -0.2) is 9.91 Å². The van der Waals surface area contributed by atoms with E-state index in [1.165, 1.54) is 6.07 Å². The molecule has 0 fully saturated rings. The zero-order chi connectivity index (χ0) is 13.8. The molecule has 98 valence electrons. The number of nitro groups is 1. The number of hydrogen-bond donors (Lipinski definition) is 0. The minimum absolute atomic E-state index is 0.0266. The molecular weight excluding hydrogens is 380 g/mol. The van der Waals surface area contributed by atoms with Gasteiger partial charge >= 0.3 is 0 Å². The van der Waals surface area contributed by atoms with Crippen LogP contribution in [0, 0.1) is 10.1 Å². The summed E-state index contributed by atoms with van der Waals surface area (Å²) in [6, 6.07) is 8.32. The van der Waals surface area contributed by atoms with E-state index in [2.05, 4.69) is 36.8 Å². The van der Waals surface area contributed by atoms with Crippen molar-refractivity contribution in [2.45, 2.75) is 6.61 Å². The van der Waals surface area contributed by atoms with Crippen LogP contribution in [0.4, 0.5) is 5.69 Å². The van der Waals surface area contributed by atoms with Crippen molar-refractivity contribution in [2.75, 3.05) is 0 Å². The third-order valence-corrected chi connectivity index (χ3v) is 3.57. The first-order valence-electron chi connectivity index (χ1n) is 5.24. The second-order valence-corrected chi connectivity index (χ2v) is 5.31. The van der Waals surface area contributed by atoms with Crippen LogP contribution >= 0.6 is 31.9 Å². The van der Waals surface area contributed by atoms with Crippen LogP contribution in [0.5, 0.6) is 5.75 Å². The van der Waals surface area contributed by atoms with Gasteiger partial charge in [-0.05, 0) is 50.1 Å². The molecule has 0 unspecified atom stereocenters. The maximum Gasteiger partial charge on any atom is 0.287 e. The van der Waals surface area contributed by atoms with Crippen molar-refractivity contribution in [2.24, 2.45) is 0 Å². The number of nitrogens with zero attached hydrogens (tertiary/aromatic N) is 2. The lowest BCUT2D eigenvalue weighted by Gasteiger charge is -2.07. The van der Waals surface area contributed by atoms with E-state index in [4.69, 9.17) is 4.74 Å². The van der Waals surface area contributed by atoms with Gasteiger partial charge in [0.15, 0.2) is 0 Å². The van der Waals surface area contributed by atoms with E-state index >= 15 is 0 Å². The second-order valence-electron chi connectivity index (χ2n) is 3.60. The van der Waals surface area contributed by atoms with E-state index in [9.17, 15) is 10.1 Å². The molecule has 2 rings (SSSR count). The second kappa shape index (κ2) is 6.12. The summed E-state index contributed by atoms with van der Waals surface area (Å²) < 4.78 is 6.74. The van der Waals surface area contributed by atoms with Crippen LogP contribution in [0.1, 0.15) is 5.69 Å². The summed E-state index contributed by atoms with van der Waals surface area (Å²) in [6.07, 6.45) is 1.67. The highest BCUT2D eigenvalue weighted by molar-refractivity contribution is 9.11. The molecular formula is C12H8Br2N2O3. The summed E-state index contributed by atoms with van der Waals surface area (Å²) in [6.45, 7) is 0.243. The Balaban J connectivity index is 2.13. The predicted molar refractivity (Wildman–Crippen MR) is 77.1 cm³/mol. The number of aromatic nitrogens is 1. The average Bonchev–Trinajstić information content (AvgIpc) is 2.39. The van der Waals surface area contributed by atoms with Crippen LogP contribution in [0.2, 0.25) is 0 Å². The SMILES string of the molecule is O=[N+]([O-])c1cccc(OCc2ccc(Br)cn2)c1Br. The Morgan fingerprint density at radius 1 is 1.26 bits per heavy atom. The van der Waals surface area contributed by atoms with Crippen molar-refractivity contribution in [3.8, 4) is 5.75 Å². The van der Waals surface area contributed by atoms with Gasteiger partial charge < -0.3 is 4.74 Å². The van der Waals surface area contributed by atoms with Crippen LogP contribution in [0.15, 0.2) is 45.5 Å². The van der Waals surface area contributed by atoms with Gasteiger partial charge in [-0.15, -0.1) is 0 Å². The normalized spacial score (nSPS) is 10.2. The van der Waals surface area contributed by atoms with Crippen molar-refractivity contribution in [3.05, 3.63) is 61.3 Å². The summed E-state index contributed by atoms with van der Waals surface area (Å²) in [5.41, 5.74) is 0.711. The maximum atomic E-state index is 10.8. The van der Waals surface area contributed by atoms with E-state index in [1.807, 2.05) is 12.1 Å². The van der Waals surface area contributed by atoms with Gasteiger partial charge in [0.25, 0.3) is 5.69 Å². The smallest absolute Gasteiger partial charge is 0.287 e. The lowest BCUT2D eigenvalue weighted by Crippen LogP contribution is -1.99. The fraction of sp³-hybridized carbons (Fsp3) is 0.0833. The highest BCUT2D eigenvalue weighted by Gasteiger charge is 2.15. The first-order valence-corrected chi connectivity index (χ1v) is 6.82. The summed E-state index contributed by atoms with van der Waals surface area (Å²) in [5.74, 6) is 0.416. The van der Waals surface area contributed by atoms with E-state index in [1.54, 1.807) is 18.3 Å². The maximum absolute atomic E-state index is 10.8. The zero-order valence-corrected chi connectivity index (χ0v) is 12.7. The Labute approximate surface area is 126 Å². The van der Waals surface area contributed by atoms with Crippen LogP contribution in [0.25, 0.3) is 0 Å². The molecule has 0 aliphatic rings. The predicted octanol–water partition coefficient (Wildman–Crippen LogP) is 4.09. The summed E-state index contributed by atoms with van der Waals surface area (Å²) in [5, 5.41) is 10.8. The Morgan fingerprint density at radius 2 is 2.05 bits per heavy atom. The molecule has 7 heteroatoms. The van der Waals surface area contributed by atoms with Crippen molar-refractivity contribution >= 4 is 37.5 Å². The lowest BCUT2D eigenvalue weighted by atomic mass is 10.3. The number of nitro benzene ring substituents is 1. The third kappa shape index (κ3) is 3.51. The third-order valence-electron chi connectivity index (χ3n) is 2.30. The van der Waals surface area contributed by atoms with Gasteiger partial charge in [0, 0.05) is 16.7 Å². The fourth-order valence-corrected chi connectivity index (χ4v) is 2.15. The number of halogens is 2. The lowest BCUT2D eigenvalue weighted by molar-refractivity contribution is -0.385. The largest absolute Gasteiger partial charge is 0.486 e. The number of rotatable bonds is 4. The summed E-state index contributed by atoms with van der Waals surface area (Å²) in [4.78, 5) is 14.5. The number of hydrogen-bond acceptors (Lipinski definition) is 4. The standard InChI is InChI=1S/C12H8Br2N2O3/c13-8-4-5-9(15-6-8)7-19-11-3-1-2-10(12(11)14)16(17)18/h1-6H,7H2. The monoisotopic (exact) mass is 386 g/mol. The topological polar surface area (TPSA) is 65.3 Å². The first kappa shape index (κ1) is 14.0. The molecule has 5 nitrogen and oxygen atoms in total. The molecule has 0 spiro atoms. The van der Waals surface area contributed by atoms with E-state index in [0.717, 1.165) is 10.2 Å². The molecule has 0 atom stereocenters. The van der Waals surface area contributed by atoms with Crippen LogP contribution < -0.4 is 4.74 Å². The number of benzene rings is 1. The zero-order valence-electron chi connectivity index (χ0n) is 9.55. The quantitative estimate of drug-likeness (QED) is 0.585. The first-order chi connectivity index (χ1) is 9.08. The van der Waals surface area contributed by atoms with E-state index in [-0.39, 0.29) is 12.3 Å². The molecule has 0 radical (unpaired) electrons. The van der Waals surface area contributed by atoms with Crippen molar-refractivity contribution in [1.29, 1.82) is 0 Å².